The molecule has 102 valence electrons. The van der Waals surface area contributed by atoms with Gasteiger partial charge in [0.2, 0.25) is 0 Å². The molecule has 1 aromatic heterocycles. The van der Waals surface area contributed by atoms with E-state index < -0.39 is 4.92 Å². The van der Waals surface area contributed by atoms with E-state index in [0.717, 1.165) is 18.5 Å². The van der Waals surface area contributed by atoms with E-state index in [0.29, 0.717) is 5.69 Å². The lowest BCUT2D eigenvalue weighted by Gasteiger charge is -2.14. The third kappa shape index (κ3) is 2.32. The quantitative estimate of drug-likeness (QED) is 0.690. The van der Waals surface area contributed by atoms with Gasteiger partial charge in [-0.2, -0.15) is 0 Å². The zero-order valence-electron chi connectivity index (χ0n) is 10.5. The second-order valence-corrected chi connectivity index (χ2v) is 5.11. The molecule has 0 saturated carbocycles. The number of aryl methyl sites for hydroxylation is 1. The van der Waals surface area contributed by atoms with Crippen molar-refractivity contribution in [3.05, 3.63) is 62.9 Å². The molecule has 0 amide bonds. The molecule has 5 nitrogen and oxygen atoms in total. The lowest BCUT2D eigenvalue weighted by molar-refractivity contribution is -0.384. The van der Waals surface area contributed by atoms with Gasteiger partial charge in [0.1, 0.15) is 5.02 Å². The number of pyridine rings is 1. The van der Waals surface area contributed by atoms with Gasteiger partial charge in [-0.15, -0.1) is 0 Å². The van der Waals surface area contributed by atoms with Crippen LogP contribution in [0.5, 0.6) is 0 Å². The average molecular weight is 290 g/mol. The van der Waals surface area contributed by atoms with Crippen LogP contribution in [0.4, 0.5) is 11.4 Å². The van der Waals surface area contributed by atoms with Crippen molar-refractivity contribution in [2.24, 2.45) is 0 Å². The molecule has 1 aromatic carbocycles. The van der Waals surface area contributed by atoms with Crippen molar-refractivity contribution < 1.29 is 4.92 Å². The van der Waals surface area contributed by atoms with Crippen molar-refractivity contribution in [2.75, 3.05) is 5.32 Å². The first-order chi connectivity index (χ1) is 9.65. The highest BCUT2D eigenvalue weighted by molar-refractivity contribution is 6.32. The van der Waals surface area contributed by atoms with Crippen LogP contribution >= 0.6 is 11.6 Å². The van der Waals surface area contributed by atoms with Crippen molar-refractivity contribution in [2.45, 2.75) is 18.9 Å². The number of benzene rings is 1. The number of nitro groups is 1. The number of nitrogens with zero attached hydrogens (tertiary/aromatic N) is 2. The highest BCUT2D eigenvalue weighted by Gasteiger charge is 2.24. The summed E-state index contributed by atoms with van der Waals surface area (Å²) in [6, 6.07) is 8.82. The van der Waals surface area contributed by atoms with Crippen LogP contribution in [-0.4, -0.2) is 9.91 Å². The van der Waals surface area contributed by atoms with E-state index >= 15 is 0 Å². The summed E-state index contributed by atoms with van der Waals surface area (Å²) in [6.45, 7) is 0. The first-order valence-electron chi connectivity index (χ1n) is 6.29. The molecule has 0 aliphatic heterocycles. The topological polar surface area (TPSA) is 68.1 Å². The molecule has 20 heavy (non-hydrogen) atoms. The molecular formula is C14H12ClN3O2. The van der Waals surface area contributed by atoms with Gasteiger partial charge in [-0.3, -0.25) is 15.1 Å². The van der Waals surface area contributed by atoms with Gasteiger partial charge in [-0.25, -0.2) is 0 Å². The van der Waals surface area contributed by atoms with Crippen LogP contribution in [-0.2, 0) is 6.42 Å². The van der Waals surface area contributed by atoms with Crippen molar-refractivity contribution in [1.29, 1.82) is 0 Å². The zero-order valence-corrected chi connectivity index (χ0v) is 11.3. The Kier molecular flexibility index (Phi) is 3.28. The molecule has 1 heterocycles. The smallest absolute Gasteiger partial charge is 0.289 e. The van der Waals surface area contributed by atoms with E-state index in [2.05, 4.69) is 16.4 Å². The van der Waals surface area contributed by atoms with Gasteiger partial charge in [-0.05, 0) is 36.6 Å². The molecule has 1 unspecified atom stereocenters. The molecule has 0 fully saturated rings. The van der Waals surface area contributed by atoms with Crippen LogP contribution in [0.3, 0.4) is 0 Å². The fourth-order valence-electron chi connectivity index (χ4n) is 2.50. The minimum absolute atomic E-state index is 0.0871. The number of aromatic nitrogens is 1. The summed E-state index contributed by atoms with van der Waals surface area (Å²) in [4.78, 5) is 14.8. The Labute approximate surface area is 120 Å². The van der Waals surface area contributed by atoms with Crippen LogP contribution in [0, 0.1) is 10.1 Å². The van der Waals surface area contributed by atoms with E-state index in [4.69, 9.17) is 11.6 Å². The molecule has 0 bridgehead atoms. The Hall–Kier alpha value is -2.14. The van der Waals surface area contributed by atoms with E-state index in [-0.39, 0.29) is 16.8 Å². The Morgan fingerprint density at radius 3 is 3.05 bits per heavy atom. The maximum Gasteiger partial charge on any atom is 0.289 e. The number of fused-ring (bicyclic) bond motifs is 1. The van der Waals surface area contributed by atoms with Gasteiger partial charge in [-0.1, -0.05) is 17.7 Å². The highest BCUT2D eigenvalue weighted by Crippen LogP contribution is 2.34. The van der Waals surface area contributed by atoms with E-state index in [1.54, 1.807) is 12.3 Å². The third-order valence-corrected chi connectivity index (χ3v) is 3.76. The molecule has 1 aliphatic carbocycles. The summed E-state index contributed by atoms with van der Waals surface area (Å²) in [6.07, 6.45) is 3.67. The Morgan fingerprint density at radius 2 is 2.25 bits per heavy atom. The minimum atomic E-state index is -0.478. The summed E-state index contributed by atoms with van der Waals surface area (Å²) in [7, 11) is 0. The van der Waals surface area contributed by atoms with E-state index in [1.165, 1.54) is 17.7 Å². The third-order valence-electron chi connectivity index (χ3n) is 3.44. The number of anilines is 1. The summed E-state index contributed by atoms with van der Waals surface area (Å²) < 4.78 is 0. The van der Waals surface area contributed by atoms with Crippen molar-refractivity contribution in [3.8, 4) is 0 Å². The van der Waals surface area contributed by atoms with Gasteiger partial charge < -0.3 is 5.32 Å². The number of nitrogens with one attached hydrogen (secondary N) is 1. The van der Waals surface area contributed by atoms with Crippen molar-refractivity contribution >= 4 is 23.0 Å². The van der Waals surface area contributed by atoms with E-state index in [9.17, 15) is 10.1 Å². The monoisotopic (exact) mass is 289 g/mol. The molecule has 0 saturated heterocycles. The summed E-state index contributed by atoms with van der Waals surface area (Å²) >= 11 is 5.81. The molecule has 2 aromatic rings. The summed E-state index contributed by atoms with van der Waals surface area (Å²) in [5.41, 5.74) is 2.85. The molecule has 0 radical (unpaired) electrons. The lowest BCUT2D eigenvalue weighted by atomic mass is 10.2. The first-order valence-corrected chi connectivity index (χ1v) is 6.67. The average Bonchev–Trinajstić information content (AvgIpc) is 2.84. The predicted octanol–water partition coefficient (Wildman–Crippen LogP) is 3.74. The fraction of sp³-hybridized carbons (Fsp3) is 0.214. The van der Waals surface area contributed by atoms with Crippen molar-refractivity contribution in [1.82, 2.24) is 4.98 Å². The van der Waals surface area contributed by atoms with Crippen LogP contribution in [0.2, 0.25) is 5.02 Å². The molecule has 1 N–H and O–H groups in total. The first kappa shape index (κ1) is 12.9. The lowest BCUT2D eigenvalue weighted by Crippen LogP contribution is -2.08. The van der Waals surface area contributed by atoms with Crippen LogP contribution < -0.4 is 5.32 Å². The number of nitro benzene ring substituents is 1. The normalized spacial score (nSPS) is 16.8. The summed E-state index contributed by atoms with van der Waals surface area (Å²) in [5.74, 6) is 0. The largest absolute Gasteiger partial charge is 0.376 e. The fourth-order valence-corrected chi connectivity index (χ4v) is 2.68. The van der Waals surface area contributed by atoms with E-state index in [1.807, 2.05) is 6.07 Å². The predicted molar refractivity (Wildman–Crippen MR) is 77.0 cm³/mol. The second-order valence-electron chi connectivity index (χ2n) is 4.71. The Balaban J connectivity index is 1.86. The molecule has 1 atom stereocenters. The Morgan fingerprint density at radius 1 is 1.40 bits per heavy atom. The number of rotatable bonds is 3. The maximum absolute atomic E-state index is 10.9. The SMILES string of the molecule is O=[N+]([O-])c1cc(NC2CCc3cccnc32)ccc1Cl. The van der Waals surface area contributed by atoms with Crippen LogP contribution in [0.15, 0.2) is 36.5 Å². The Bertz CT molecular complexity index is 675. The number of hydrogen-bond donors (Lipinski definition) is 1. The molecule has 0 spiro atoms. The minimum Gasteiger partial charge on any atom is -0.376 e. The molecule has 1 aliphatic rings. The highest BCUT2D eigenvalue weighted by atomic mass is 35.5. The molecule has 6 heteroatoms. The zero-order chi connectivity index (χ0) is 14.1. The molecular weight excluding hydrogens is 278 g/mol. The van der Waals surface area contributed by atoms with Crippen LogP contribution in [0.1, 0.15) is 23.7 Å². The van der Waals surface area contributed by atoms with Gasteiger partial charge in [0, 0.05) is 18.0 Å². The summed E-state index contributed by atoms with van der Waals surface area (Å²) in [5, 5.41) is 14.3. The van der Waals surface area contributed by atoms with Crippen molar-refractivity contribution in [3.63, 3.8) is 0 Å². The van der Waals surface area contributed by atoms with Crippen LogP contribution in [0.25, 0.3) is 0 Å². The number of hydrogen-bond acceptors (Lipinski definition) is 4. The van der Waals surface area contributed by atoms with Gasteiger partial charge in [0.25, 0.3) is 5.69 Å². The maximum atomic E-state index is 10.9. The van der Waals surface area contributed by atoms with Gasteiger partial charge >= 0.3 is 0 Å². The second kappa shape index (κ2) is 5.09. The standard InChI is InChI=1S/C14H12ClN3O2/c15-11-5-4-10(8-13(11)18(19)20)17-12-6-3-9-2-1-7-16-14(9)12/h1-2,4-5,7-8,12,17H,3,6H2. The molecule has 3 rings (SSSR count). The van der Waals surface area contributed by atoms with Gasteiger partial charge in [0.15, 0.2) is 0 Å². The van der Waals surface area contributed by atoms with Gasteiger partial charge in [0.05, 0.1) is 16.7 Å². The number of halogens is 1.